The number of likely N-dealkylation sites (tertiary alicyclic amines) is 1. The van der Waals surface area contributed by atoms with Crippen LogP contribution in [0, 0.1) is 6.92 Å². The summed E-state index contributed by atoms with van der Waals surface area (Å²) in [5, 5.41) is 3.76. The van der Waals surface area contributed by atoms with E-state index in [0.29, 0.717) is 18.1 Å². The number of benzene rings is 1. The molecule has 2 heteroatoms. The van der Waals surface area contributed by atoms with E-state index in [0.717, 1.165) is 6.54 Å². The molecule has 94 valence electrons. The summed E-state index contributed by atoms with van der Waals surface area (Å²) < 4.78 is 0. The summed E-state index contributed by atoms with van der Waals surface area (Å²) in [7, 11) is 2.21. The van der Waals surface area contributed by atoms with Crippen molar-refractivity contribution >= 4 is 0 Å². The minimum Gasteiger partial charge on any atom is -0.306 e. The third-order valence-corrected chi connectivity index (χ3v) is 4.03. The van der Waals surface area contributed by atoms with Gasteiger partial charge in [-0.2, -0.15) is 0 Å². The molecule has 0 aliphatic carbocycles. The van der Waals surface area contributed by atoms with Gasteiger partial charge in [0.05, 0.1) is 0 Å². The fourth-order valence-electron chi connectivity index (χ4n) is 2.83. The van der Waals surface area contributed by atoms with Gasteiger partial charge in [-0.3, -0.25) is 0 Å². The van der Waals surface area contributed by atoms with Crippen LogP contribution in [-0.4, -0.2) is 30.6 Å². The molecule has 17 heavy (non-hydrogen) atoms. The second-order valence-electron chi connectivity index (χ2n) is 5.47. The van der Waals surface area contributed by atoms with Crippen LogP contribution >= 0.6 is 0 Å². The maximum absolute atomic E-state index is 3.76. The molecule has 0 saturated carbocycles. The molecule has 1 aromatic carbocycles. The van der Waals surface area contributed by atoms with Gasteiger partial charge in [-0.25, -0.2) is 0 Å². The highest BCUT2D eigenvalue weighted by Crippen LogP contribution is 2.21. The Bertz CT molecular complexity index is 365. The van der Waals surface area contributed by atoms with E-state index in [9.17, 15) is 0 Å². The first kappa shape index (κ1) is 12.6. The minimum absolute atomic E-state index is 0.444. The molecular formula is C15H24N2. The lowest BCUT2D eigenvalue weighted by atomic mass is 10.0. The molecule has 3 unspecified atom stereocenters. The largest absolute Gasteiger partial charge is 0.306 e. The highest BCUT2D eigenvalue weighted by Gasteiger charge is 2.27. The van der Waals surface area contributed by atoms with E-state index in [-0.39, 0.29) is 0 Å². The fourth-order valence-corrected chi connectivity index (χ4v) is 2.83. The van der Waals surface area contributed by atoms with Gasteiger partial charge in [0.15, 0.2) is 0 Å². The highest BCUT2D eigenvalue weighted by atomic mass is 15.2. The van der Waals surface area contributed by atoms with Crippen molar-refractivity contribution < 1.29 is 0 Å². The normalized spacial score (nSPS) is 27.3. The number of likely N-dealkylation sites (N-methyl/N-ethyl adjacent to an activating group) is 1. The average Bonchev–Trinajstić information content (AvgIpc) is 2.58. The maximum Gasteiger partial charge on any atom is 0.0297 e. The predicted molar refractivity (Wildman–Crippen MR) is 73.2 cm³/mol. The van der Waals surface area contributed by atoms with E-state index in [2.05, 4.69) is 62.3 Å². The molecule has 0 radical (unpaired) electrons. The van der Waals surface area contributed by atoms with Gasteiger partial charge in [-0.1, -0.05) is 24.3 Å². The standard InChI is InChI=1S/C15H24N2/c1-11-7-5-6-8-15(11)13(3)16-14-9-12(2)17(4)10-14/h5-8,12-14,16H,9-10H2,1-4H3. The Morgan fingerprint density at radius 2 is 2.06 bits per heavy atom. The van der Waals surface area contributed by atoms with Crippen LogP contribution in [0.5, 0.6) is 0 Å². The van der Waals surface area contributed by atoms with E-state index in [1.807, 2.05) is 0 Å². The molecule has 0 bridgehead atoms. The van der Waals surface area contributed by atoms with Gasteiger partial charge >= 0.3 is 0 Å². The predicted octanol–water partition coefficient (Wildman–Crippen LogP) is 2.74. The second kappa shape index (κ2) is 5.19. The Balaban J connectivity index is 1.98. The molecule has 0 aromatic heterocycles. The number of rotatable bonds is 3. The molecule has 0 spiro atoms. The van der Waals surface area contributed by atoms with Crippen LogP contribution in [-0.2, 0) is 0 Å². The van der Waals surface area contributed by atoms with Crippen LogP contribution in [0.1, 0.15) is 37.4 Å². The van der Waals surface area contributed by atoms with Gasteiger partial charge in [0.2, 0.25) is 0 Å². The van der Waals surface area contributed by atoms with Crippen LogP contribution in [0.2, 0.25) is 0 Å². The summed E-state index contributed by atoms with van der Waals surface area (Å²) >= 11 is 0. The maximum atomic E-state index is 3.76. The molecule has 3 atom stereocenters. The summed E-state index contributed by atoms with van der Waals surface area (Å²) in [6.45, 7) is 7.93. The van der Waals surface area contributed by atoms with Gasteiger partial charge in [0.1, 0.15) is 0 Å². The van der Waals surface area contributed by atoms with Gasteiger partial charge in [0.25, 0.3) is 0 Å². The lowest BCUT2D eigenvalue weighted by molar-refractivity contribution is 0.325. The van der Waals surface area contributed by atoms with Gasteiger partial charge in [-0.15, -0.1) is 0 Å². The van der Waals surface area contributed by atoms with Crippen molar-refractivity contribution in [3.63, 3.8) is 0 Å². The number of nitrogens with one attached hydrogen (secondary N) is 1. The van der Waals surface area contributed by atoms with Crippen LogP contribution in [0.3, 0.4) is 0 Å². The van der Waals surface area contributed by atoms with E-state index in [4.69, 9.17) is 0 Å². The van der Waals surface area contributed by atoms with Gasteiger partial charge in [-0.05, 0) is 45.4 Å². The smallest absolute Gasteiger partial charge is 0.0297 e. The van der Waals surface area contributed by atoms with Crippen molar-refractivity contribution in [1.82, 2.24) is 10.2 Å². The summed E-state index contributed by atoms with van der Waals surface area (Å²) in [4.78, 5) is 2.43. The van der Waals surface area contributed by atoms with Crippen LogP contribution in [0.25, 0.3) is 0 Å². The Labute approximate surface area is 105 Å². The SMILES string of the molecule is Cc1ccccc1C(C)NC1CC(C)N(C)C1. The van der Waals surface area contributed by atoms with E-state index >= 15 is 0 Å². The molecule has 1 N–H and O–H groups in total. The molecule has 1 aliphatic heterocycles. The first-order valence-corrected chi connectivity index (χ1v) is 6.59. The zero-order chi connectivity index (χ0) is 12.4. The molecule has 1 aromatic rings. The Hall–Kier alpha value is -0.860. The zero-order valence-corrected chi connectivity index (χ0v) is 11.4. The molecule has 1 heterocycles. The summed E-state index contributed by atoms with van der Waals surface area (Å²) in [6.07, 6.45) is 1.26. The number of nitrogens with zero attached hydrogens (tertiary/aromatic N) is 1. The number of hydrogen-bond donors (Lipinski definition) is 1. The Kier molecular flexibility index (Phi) is 3.85. The van der Waals surface area contributed by atoms with E-state index in [1.54, 1.807) is 0 Å². The van der Waals surface area contributed by atoms with Crippen molar-refractivity contribution in [3.05, 3.63) is 35.4 Å². The molecule has 2 nitrogen and oxygen atoms in total. The van der Waals surface area contributed by atoms with E-state index in [1.165, 1.54) is 17.5 Å². The Morgan fingerprint density at radius 1 is 1.35 bits per heavy atom. The lowest BCUT2D eigenvalue weighted by Crippen LogP contribution is -2.33. The van der Waals surface area contributed by atoms with Crippen LogP contribution < -0.4 is 5.32 Å². The third kappa shape index (κ3) is 2.88. The van der Waals surface area contributed by atoms with Crippen molar-refractivity contribution in [2.45, 2.75) is 45.3 Å². The first-order valence-electron chi connectivity index (χ1n) is 6.59. The van der Waals surface area contributed by atoms with Gasteiger partial charge < -0.3 is 10.2 Å². The number of hydrogen-bond acceptors (Lipinski definition) is 2. The monoisotopic (exact) mass is 232 g/mol. The summed E-state index contributed by atoms with van der Waals surface area (Å²) in [5.41, 5.74) is 2.81. The quantitative estimate of drug-likeness (QED) is 0.862. The molecule has 2 rings (SSSR count). The second-order valence-corrected chi connectivity index (χ2v) is 5.47. The van der Waals surface area contributed by atoms with Crippen LogP contribution in [0.15, 0.2) is 24.3 Å². The zero-order valence-electron chi connectivity index (χ0n) is 11.4. The fraction of sp³-hybridized carbons (Fsp3) is 0.600. The lowest BCUT2D eigenvalue weighted by Gasteiger charge is -2.21. The molecule has 0 amide bonds. The molecule has 1 fully saturated rings. The van der Waals surface area contributed by atoms with Crippen molar-refractivity contribution in [3.8, 4) is 0 Å². The third-order valence-electron chi connectivity index (χ3n) is 4.03. The molecule has 1 saturated heterocycles. The van der Waals surface area contributed by atoms with Crippen molar-refractivity contribution in [2.75, 3.05) is 13.6 Å². The topological polar surface area (TPSA) is 15.3 Å². The van der Waals surface area contributed by atoms with E-state index < -0.39 is 0 Å². The van der Waals surface area contributed by atoms with Crippen LogP contribution in [0.4, 0.5) is 0 Å². The summed E-state index contributed by atoms with van der Waals surface area (Å²) in [5.74, 6) is 0. The van der Waals surface area contributed by atoms with Crippen molar-refractivity contribution in [2.24, 2.45) is 0 Å². The molecular weight excluding hydrogens is 208 g/mol. The van der Waals surface area contributed by atoms with Crippen molar-refractivity contribution in [1.29, 1.82) is 0 Å². The average molecular weight is 232 g/mol. The molecule has 1 aliphatic rings. The Morgan fingerprint density at radius 3 is 2.65 bits per heavy atom. The number of aryl methyl sites for hydroxylation is 1. The summed E-state index contributed by atoms with van der Waals surface area (Å²) in [6, 6.07) is 10.4. The van der Waals surface area contributed by atoms with Gasteiger partial charge in [0, 0.05) is 24.7 Å². The first-order chi connectivity index (χ1) is 8.08. The minimum atomic E-state index is 0.444. The highest BCUT2D eigenvalue weighted by molar-refractivity contribution is 5.28.